The molecule has 1 amide bonds. The summed E-state index contributed by atoms with van der Waals surface area (Å²) < 4.78 is 0. The number of nitrogens with two attached hydrogens (primary N) is 1. The lowest BCUT2D eigenvalue weighted by Gasteiger charge is -2.24. The molecule has 1 aromatic rings. The number of rotatable bonds is 6. The maximum absolute atomic E-state index is 11.7. The number of halogens is 1. The fourth-order valence-corrected chi connectivity index (χ4v) is 1.97. The van der Waals surface area contributed by atoms with E-state index in [1.807, 2.05) is 25.3 Å². The highest BCUT2D eigenvalue weighted by Gasteiger charge is 2.18. The van der Waals surface area contributed by atoms with Crippen molar-refractivity contribution in [3.63, 3.8) is 0 Å². The van der Waals surface area contributed by atoms with E-state index in [0.717, 1.165) is 0 Å². The van der Waals surface area contributed by atoms with Gasteiger partial charge in [0.1, 0.15) is 0 Å². The largest absolute Gasteiger partial charge is 0.350 e. The van der Waals surface area contributed by atoms with Crippen LogP contribution in [0.1, 0.15) is 36.4 Å². The Morgan fingerprint density at radius 2 is 2.06 bits per heavy atom. The van der Waals surface area contributed by atoms with E-state index in [1.54, 1.807) is 6.07 Å². The second-order valence-corrected chi connectivity index (χ2v) is 5.48. The number of hydrogen-bond acceptors (Lipinski definition) is 4. The van der Waals surface area contributed by atoms with Crippen LogP contribution in [-0.4, -0.2) is 23.8 Å². The van der Waals surface area contributed by atoms with Crippen molar-refractivity contribution in [3.05, 3.63) is 22.4 Å². The smallest absolute Gasteiger partial charge is 0.220 e. The number of hydrogen-bond donors (Lipinski definition) is 2. The molecule has 1 rings (SSSR count). The van der Waals surface area contributed by atoms with Crippen molar-refractivity contribution in [1.82, 2.24) is 5.32 Å². The molecule has 0 unspecified atom stereocenters. The topological polar surface area (TPSA) is 72.2 Å². The lowest BCUT2D eigenvalue weighted by molar-refractivity contribution is -0.122. The Labute approximate surface area is 117 Å². The highest BCUT2D eigenvalue weighted by molar-refractivity contribution is 7.12. The first kappa shape index (κ1) is 17.1. The predicted molar refractivity (Wildman–Crippen MR) is 76.4 cm³/mol. The van der Waals surface area contributed by atoms with Gasteiger partial charge in [-0.3, -0.25) is 9.59 Å². The zero-order valence-electron chi connectivity index (χ0n) is 10.6. The van der Waals surface area contributed by atoms with Crippen LogP contribution in [0.15, 0.2) is 17.5 Å². The zero-order valence-corrected chi connectivity index (χ0v) is 12.2. The van der Waals surface area contributed by atoms with E-state index in [-0.39, 0.29) is 36.9 Å². The van der Waals surface area contributed by atoms with Crippen LogP contribution < -0.4 is 11.1 Å². The standard InChI is InChI=1S/C12H18N2O2S.ClH/c1-12(2,8-13)14-11(16)6-5-9(15)10-4-3-7-17-10;/h3-4,7H,5-6,8,13H2,1-2H3,(H,14,16);1H. The Morgan fingerprint density at radius 3 is 2.56 bits per heavy atom. The zero-order chi connectivity index (χ0) is 12.9. The molecule has 1 aromatic heterocycles. The number of amides is 1. The van der Waals surface area contributed by atoms with Gasteiger partial charge in [-0.15, -0.1) is 23.7 Å². The molecule has 0 aromatic carbocycles. The minimum Gasteiger partial charge on any atom is -0.350 e. The van der Waals surface area contributed by atoms with Gasteiger partial charge in [-0.05, 0) is 25.3 Å². The highest BCUT2D eigenvalue weighted by atomic mass is 35.5. The van der Waals surface area contributed by atoms with Crippen molar-refractivity contribution in [1.29, 1.82) is 0 Å². The quantitative estimate of drug-likeness (QED) is 0.787. The van der Waals surface area contributed by atoms with E-state index in [2.05, 4.69) is 5.32 Å². The van der Waals surface area contributed by atoms with E-state index in [9.17, 15) is 9.59 Å². The molecule has 18 heavy (non-hydrogen) atoms. The van der Waals surface area contributed by atoms with Crippen LogP contribution in [0.3, 0.4) is 0 Å². The minimum absolute atomic E-state index is 0. The molecule has 4 nitrogen and oxygen atoms in total. The average Bonchev–Trinajstić information content (AvgIpc) is 2.78. The van der Waals surface area contributed by atoms with Crippen molar-refractivity contribution in [2.75, 3.05) is 6.54 Å². The monoisotopic (exact) mass is 290 g/mol. The summed E-state index contributed by atoms with van der Waals surface area (Å²) in [6.45, 7) is 4.08. The first-order chi connectivity index (χ1) is 7.94. The van der Waals surface area contributed by atoms with Crippen molar-refractivity contribution in [3.8, 4) is 0 Å². The van der Waals surface area contributed by atoms with Crippen molar-refractivity contribution >= 4 is 35.4 Å². The molecule has 0 saturated carbocycles. The predicted octanol–water partition coefficient (Wildman–Crippen LogP) is 1.99. The number of Topliss-reactive ketones (excluding diaryl/α,β-unsaturated/α-hetero) is 1. The van der Waals surface area contributed by atoms with Gasteiger partial charge in [-0.25, -0.2) is 0 Å². The first-order valence-electron chi connectivity index (χ1n) is 5.52. The van der Waals surface area contributed by atoms with Gasteiger partial charge >= 0.3 is 0 Å². The van der Waals surface area contributed by atoms with E-state index >= 15 is 0 Å². The van der Waals surface area contributed by atoms with E-state index in [0.29, 0.717) is 11.4 Å². The summed E-state index contributed by atoms with van der Waals surface area (Å²) >= 11 is 1.40. The molecule has 0 fully saturated rings. The summed E-state index contributed by atoms with van der Waals surface area (Å²) in [5, 5.41) is 4.65. The van der Waals surface area contributed by atoms with Gasteiger partial charge in [0, 0.05) is 24.9 Å². The lowest BCUT2D eigenvalue weighted by Crippen LogP contribution is -2.48. The molecule has 0 aliphatic heterocycles. The molecule has 6 heteroatoms. The maximum atomic E-state index is 11.7. The van der Waals surface area contributed by atoms with Crippen LogP contribution in [0.2, 0.25) is 0 Å². The molecule has 1 heterocycles. The third-order valence-electron chi connectivity index (χ3n) is 2.36. The summed E-state index contributed by atoms with van der Waals surface area (Å²) in [7, 11) is 0. The molecule has 0 radical (unpaired) electrons. The number of nitrogens with one attached hydrogen (secondary N) is 1. The summed E-state index contributed by atoms with van der Waals surface area (Å²) in [6, 6.07) is 3.60. The van der Waals surface area contributed by atoms with E-state index < -0.39 is 5.54 Å². The van der Waals surface area contributed by atoms with Gasteiger partial charge in [0.25, 0.3) is 0 Å². The molecule has 102 valence electrons. The van der Waals surface area contributed by atoms with Gasteiger partial charge < -0.3 is 11.1 Å². The Bertz CT molecular complexity index is 391. The number of carbonyl (C=O) groups is 2. The second kappa shape index (κ2) is 7.51. The summed E-state index contributed by atoms with van der Waals surface area (Å²) in [6.07, 6.45) is 0.452. The Hall–Kier alpha value is -0.910. The van der Waals surface area contributed by atoms with Crippen molar-refractivity contribution in [2.45, 2.75) is 32.2 Å². The minimum atomic E-state index is -0.414. The van der Waals surface area contributed by atoms with Crippen LogP contribution in [0.5, 0.6) is 0 Å². The third kappa shape index (κ3) is 5.62. The number of thiophene rings is 1. The van der Waals surface area contributed by atoms with Gasteiger partial charge in [0.2, 0.25) is 5.91 Å². The van der Waals surface area contributed by atoms with Crippen LogP contribution in [-0.2, 0) is 4.79 Å². The van der Waals surface area contributed by atoms with Crippen LogP contribution in [0, 0.1) is 0 Å². The Kier molecular flexibility index (Phi) is 7.13. The molecule has 3 N–H and O–H groups in total. The first-order valence-corrected chi connectivity index (χ1v) is 6.40. The summed E-state index contributed by atoms with van der Waals surface area (Å²) in [4.78, 5) is 23.9. The molecule has 0 aliphatic rings. The molecule has 0 aliphatic carbocycles. The van der Waals surface area contributed by atoms with Crippen molar-refractivity contribution < 1.29 is 9.59 Å². The number of ketones is 1. The summed E-state index contributed by atoms with van der Waals surface area (Å²) in [5.74, 6) is -0.119. The average molecular weight is 291 g/mol. The van der Waals surface area contributed by atoms with Gasteiger partial charge in [0.15, 0.2) is 5.78 Å². The molecule has 0 spiro atoms. The fraction of sp³-hybridized carbons (Fsp3) is 0.500. The number of carbonyl (C=O) groups excluding carboxylic acids is 2. The van der Waals surface area contributed by atoms with E-state index in [1.165, 1.54) is 11.3 Å². The third-order valence-corrected chi connectivity index (χ3v) is 3.27. The molecule has 0 saturated heterocycles. The normalized spacial score (nSPS) is 10.6. The Morgan fingerprint density at radius 1 is 1.39 bits per heavy atom. The second-order valence-electron chi connectivity index (χ2n) is 4.54. The summed E-state index contributed by atoms with van der Waals surface area (Å²) in [5.41, 5.74) is 5.09. The SMILES string of the molecule is CC(C)(CN)NC(=O)CCC(=O)c1cccs1.Cl. The molecular formula is C12H19ClN2O2S. The van der Waals surface area contributed by atoms with E-state index in [4.69, 9.17) is 5.73 Å². The van der Waals surface area contributed by atoms with Crippen LogP contribution in [0.25, 0.3) is 0 Å². The molecular weight excluding hydrogens is 272 g/mol. The molecule has 0 atom stereocenters. The molecule has 0 bridgehead atoms. The van der Waals surface area contributed by atoms with Gasteiger partial charge in [-0.2, -0.15) is 0 Å². The van der Waals surface area contributed by atoms with Gasteiger partial charge in [-0.1, -0.05) is 6.07 Å². The van der Waals surface area contributed by atoms with Crippen molar-refractivity contribution in [2.24, 2.45) is 5.73 Å². The van der Waals surface area contributed by atoms with Gasteiger partial charge in [0.05, 0.1) is 4.88 Å². The highest BCUT2D eigenvalue weighted by Crippen LogP contribution is 2.12. The maximum Gasteiger partial charge on any atom is 0.220 e. The van der Waals surface area contributed by atoms with Crippen LogP contribution >= 0.6 is 23.7 Å². The van der Waals surface area contributed by atoms with Crippen LogP contribution in [0.4, 0.5) is 0 Å². The fourth-order valence-electron chi connectivity index (χ4n) is 1.28. The lowest BCUT2D eigenvalue weighted by atomic mass is 10.1. The Balaban J connectivity index is 0.00000289.